The summed E-state index contributed by atoms with van der Waals surface area (Å²) in [6, 6.07) is 8.55. The van der Waals surface area contributed by atoms with Crippen LogP contribution in [0.25, 0.3) is 17.1 Å². The normalized spacial score (nSPS) is 12.8. The maximum atomic E-state index is 13.1. The van der Waals surface area contributed by atoms with Crippen LogP contribution in [0.3, 0.4) is 0 Å². The summed E-state index contributed by atoms with van der Waals surface area (Å²) < 4.78 is 82.7. The Bertz CT molecular complexity index is 1580. The number of aliphatic hydroxyl groups excluding tert-OH is 1. The molecule has 12 nitrogen and oxygen atoms in total. The molecule has 0 saturated heterocycles. The predicted octanol–water partition coefficient (Wildman–Crippen LogP) is 3.42. The summed E-state index contributed by atoms with van der Waals surface area (Å²) in [5, 5.41) is 20.2. The Labute approximate surface area is 229 Å². The maximum absolute atomic E-state index is 13.1. The second kappa shape index (κ2) is 11.6. The van der Waals surface area contributed by atoms with Crippen LogP contribution in [0.1, 0.15) is 5.82 Å². The molecular formula is C22H17ClF6N8O4. The summed E-state index contributed by atoms with van der Waals surface area (Å²) in [7, 11) is 0. The number of ether oxygens (including phenoxy) is 1. The van der Waals surface area contributed by atoms with Crippen LogP contribution in [-0.4, -0.2) is 70.4 Å². The summed E-state index contributed by atoms with van der Waals surface area (Å²) in [6.07, 6.45) is -11.7. The maximum Gasteiger partial charge on any atom is 0.422 e. The third-order valence-corrected chi connectivity index (χ3v) is 5.46. The second-order valence-electron chi connectivity index (χ2n) is 8.23. The van der Waals surface area contributed by atoms with Crippen molar-refractivity contribution in [1.29, 1.82) is 0 Å². The molecule has 218 valence electrons. The lowest BCUT2D eigenvalue weighted by atomic mass is 10.2. The number of aliphatic hydroxyl groups is 1. The fourth-order valence-corrected chi connectivity index (χ4v) is 3.50. The average molecular weight is 607 g/mol. The van der Waals surface area contributed by atoms with Crippen LogP contribution < -0.4 is 11.0 Å². The standard InChI is InChI=1S/C22H17ClF6N8O4/c23-13-5-3-12(4-6-13)18-34-36(20(40)35(18)8-15(38)22(27,28)29)9-16-31-11-37(33-16)14-2-1-7-30-17(14)32-19(39)41-10-21(24,25)26/h1-7,11,15,38H,8-10H2,(H,30,32,39)/t15-/m0/s1. The Morgan fingerprint density at radius 3 is 2.44 bits per heavy atom. The van der Waals surface area contributed by atoms with Crippen LogP contribution in [0, 0.1) is 0 Å². The molecule has 0 spiro atoms. The zero-order valence-corrected chi connectivity index (χ0v) is 21.0. The van der Waals surface area contributed by atoms with Crippen molar-refractivity contribution in [3.63, 3.8) is 0 Å². The summed E-state index contributed by atoms with van der Waals surface area (Å²) in [4.78, 5) is 32.7. The fourth-order valence-electron chi connectivity index (χ4n) is 3.38. The van der Waals surface area contributed by atoms with Gasteiger partial charge in [-0.1, -0.05) is 11.6 Å². The molecule has 4 rings (SSSR count). The first-order chi connectivity index (χ1) is 19.2. The number of rotatable bonds is 8. The highest BCUT2D eigenvalue weighted by atomic mass is 35.5. The van der Waals surface area contributed by atoms with Crippen molar-refractivity contribution >= 4 is 23.5 Å². The third-order valence-electron chi connectivity index (χ3n) is 5.21. The van der Waals surface area contributed by atoms with Gasteiger partial charge in [0.25, 0.3) is 0 Å². The highest BCUT2D eigenvalue weighted by Crippen LogP contribution is 2.24. The molecule has 4 aromatic rings. The summed E-state index contributed by atoms with van der Waals surface area (Å²) >= 11 is 5.87. The van der Waals surface area contributed by atoms with Gasteiger partial charge in [-0.25, -0.2) is 28.9 Å². The monoisotopic (exact) mass is 606 g/mol. The zero-order chi connectivity index (χ0) is 29.9. The van der Waals surface area contributed by atoms with Crippen LogP contribution in [0.5, 0.6) is 0 Å². The van der Waals surface area contributed by atoms with E-state index in [4.69, 9.17) is 11.6 Å². The van der Waals surface area contributed by atoms with Gasteiger partial charge in [0.15, 0.2) is 30.2 Å². The van der Waals surface area contributed by atoms with Gasteiger partial charge >= 0.3 is 24.1 Å². The quantitative estimate of drug-likeness (QED) is 0.291. The van der Waals surface area contributed by atoms with Gasteiger partial charge in [0, 0.05) is 16.8 Å². The van der Waals surface area contributed by atoms with Crippen LogP contribution >= 0.6 is 11.6 Å². The molecule has 1 atom stereocenters. The lowest BCUT2D eigenvalue weighted by Crippen LogP contribution is -2.37. The van der Waals surface area contributed by atoms with Crippen molar-refractivity contribution in [2.45, 2.75) is 31.5 Å². The number of carbonyl (C=O) groups is 1. The minimum absolute atomic E-state index is 0.0586. The zero-order valence-electron chi connectivity index (χ0n) is 20.3. The number of pyridine rings is 1. The molecule has 0 bridgehead atoms. The van der Waals surface area contributed by atoms with Gasteiger partial charge in [-0.05, 0) is 36.4 Å². The molecule has 0 aliphatic carbocycles. The van der Waals surface area contributed by atoms with Crippen LogP contribution in [0.15, 0.2) is 53.7 Å². The summed E-state index contributed by atoms with van der Waals surface area (Å²) in [5.41, 5.74) is -0.712. The number of alkyl halides is 6. The number of amides is 1. The highest BCUT2D eigenvalue weighted by molar-refractivity contribution is 6.30. The predicted molar refractivity (Wildman–Crippen MR) is 128 cm³/mol. The van der Waals surface area contributed by atoms with E-state index < -0.39 is 49.9 Å². The van der Waals surface area contributed by atoms with E-state index in [0.717, 1.165) is 15.7 Å². The number of benzene rings is 1. The van der Waals surface area contributed by atoms with Gasteiger partial charge < -0.3 is 9.84 Å². The van der Waals surface area contributed by atoms with Crippen molar-refractivity contribution in [3.05, 3.63) is 70.3 Å². The van der Waals surface area contributed by atoms with Gasteiger partial charge in [-0.15, -0.1) is 10.2 Å². The molecule has 0 fully saturated rings. The van der Waals surface area contributed by atoms with Crippen molar-refractivity contribution in [3.8, 4) is 17.1 Å². The largest absolute Gasteiger partial charge is 0.440 e. The smallest absolute Gasteiger partial charge is 0.422 e. The topological polar surface area (TPSA) is 142 Å². The molecule has 0 radical (unpaired) electrons. The van der Waals surface area contributed by atoms with E-state index in [2.05, 4.69) is 30.2 Å². The summed E-state index contributed by atoms with van der Waals surface area (Å²) in [5.74, 6) is -0.487. The highest BCUT2D eigenvalue weighted by Gasteiger charge is 2.39. The fraction of sp³-hybridized carbons (Fsp3) is 0.273. The lowest BCUT2D eigenvalue weighted by Gasteiger charge is -2.15. The van der Waals surface area contributed by atoms with E-state index in [-0.39, 0.29) is 28.7 Å². The SMILES string of the molecule is O=C(Nc1ncccc1-n1cnc(Cn2nc(-c3ccc(Cl)cc3)n(C[C@H](O)C(F)(F)F)c2=O)n1)OCC(F)(F)F. The molecule has 0 saturated carbocycles. The Hall–Kier alpha value is -4.45. The van der Waals surface area contributed by atoms with Crippen molar-refractivity contribution in [1.82, 2.24) is 34.1 Å². The number of halogens is 7. The van der Waals surface area contributed by atoms with E-state index in [1.807, 2.05) is 0 Å². The van der Waals surface area contributed by atoms with Gasteiger partial charge in [0.05, 0.1) is 6.54 Å². The number of aromatic nitrogens is 7. The number of hydrogen-bond donors (Lipinski definition) is 2. The first-order valence-electron chi connectivity index (χ1n) is 11.3. The van der Waals surface area contributed by atoms with Crippen LogP contribution in [0.4, 0.5) is 37.0 Å². The molecule has 2 N–H and O–H groups in total. The molecule has 19 heteroatoms. The van der Waals surface area contributed by atoms with Gasteiger partial charge in [-0.3, -0.25) is 9.88 Å². The number of nitrogens with one attached hydrogen (secondary N) is 1. The Balaban J connectivity index is 1.61. The molecule has 3 heterocycles. The Morgan fingerprint density at radius 2 is 1.78 bits per heavy atom. The number of nitrogens with zero attached hydrogens (tertiary/aromatic N) is 7. The summed E-state index contributed by atoms with van der Waals surface area (Å²) in [6.45, 7) is -3.40. The minimum Gasteiger partial charge on any atom is -0.440 e. The van der Waals surface area contributed by atoms with E-state index in [1.165, 1.54) is 42.6 Å². The second-order valence-corrected chi connectivity index (χ2v) is 8.67. The van der Waals surface area contributed by atoms with Crippen LogP contribution in [-0.2, 0) is 17.8 Å². The van der Waals surface area contributed by atoms with E-state index in [9.17, 15) is 41.0 Å². The molecule has 41 heavy (non-hydrogen) atoms. The van der Waals surface area contributed by atoms with E-state index in [1.54, 1.807) is 0 Å². The lowest BCUT2D eigenvalue weighted by molar-refractivity contribution is -0.207. The van der Waals surface area contributed by atoms with Gasteiger partial charge in [0.2, 0.25) is 0 Å². The molecule has 3 aromatic heterocycles. The molecule has 0 aliphatic heterocycles. The van der Waals surface area contributed by atoms with Crippen molar-refractivity contribution in [2.75, 3.05) is 11.9 Å². The Morgan fingerprint density at radius 1 is 1.07 bits per heavy atom. The number of hydrogen-bond acceptors (Lipinski definition) is 8. The van der Waals surface area contributed by atoms with E-state index >= 15 is 0 Å². The molecule has 1 aromatic carbocycles. The molecular weight excluding hydrogens is 590 g/mol. The van der Waals surface area contributed by atoms with Crippen LogP contribution in [0.2, 0.25) is 5.02 Å². The van der Waals surface area contributed by atoms with Gasteiger partial charge in [0.1, 0.15) is 18.6 Å². The first-order valence-corrected chi connectivity index (χ1v) is 11.6. The molecule has 1 amide bonds. The average Bonchev–Trinajstić information content (AvgIpc) is 3.48. The Kier molecular flexibility index (Phi) is 8.34. The van der Waals surface area contributed by atoms with Crippen molar-refractivity contribution in [2.24, 2.45) is 0 Å². The number of carbonyl (C=O) groups excluding carboxylic acids is 1. The van der Waals surface area contributed by atoms with E-state index in [0.29, 0.717) is 9.59 Å². The van der Waals surface area contributed by atoms with Crippen molar-refractivity contribution < 1.29 is 41.0 Å². The molecule has 0 unspecified atom stereocenters. The third kappa shape index (κ3) is 7.40. The number of anilines is 1. The minimum atomic E-state index is -5.01. The molecule has 0 aliphatic rings. The first kappa shape index (κ1) is 29.5. The van der Waals surface area contributed by atoms with Gasteiger partial charge in [-0.2, -0.15) is 26.3 Å².